The molecule has 6 rings (SSSR count). The van der Waals surface area contributed by atoms with E-state index in [4.69, 9.17) is 4.52 Å². The molecule has 4 saturated carbocycles. The van der Waals surface area contributed by atoms with Crippen molar-refractivity contribution in [2.75, 3.05) is 0 Å². The molecular formula is C31H45NO3. The van der Waals surface area contributed by atoms with E-state index in [0.29, 0.717) is 23.7 Å². The van der Waals surface area contributed by atoms with Crippen LogP contribution in [0.2, 0.25) is 0 Å². The lowest BCUT2D eigenvalue weighted by molar-refractivity contribution is -0.228. The number of nitrogens with zero attached hydrogens (tertiary/aromatic N) is 1. The Morgan fingerprint density at radius 1 is 1.00 bits per heavy atom. The van der Waals surface area contributed by atoms with E-state index in [0.717, 1.165) is 37.9 Å². The summed E-state index contributed by atoms with van der Waals surface area (Å²) < 4.78 is 5.83. The van der Waals surface area contributed by atoms with Gasteiger partial charge in [0, 0.05) is 11.0 Å². The van der Waals surface area contributed by atoms with Crippen LogP contribution in [-0.2, 0) is 16.6 Å². The highest BCUT2D eigenvalue weighted by Gasteiger charge is 2.72. The maximum absolute atomic E-state index is 12.8. The highest BCUT2D eigenvalue weighted by atomic mass is 16.5. The summed E-state index contributed by atoms with van der Waals surface area (Å²) in [4.78, 5) is 12.8. The zero-order valence-electron chi connectivity index (χ0n) is 22.7. The van der Waals surface area contributed by atoms with Crippen molar-refractivity contribution in [2.24, 2.45) is 51.2 Å². The van der Waals surface area contributed by atoms with Crippen molar-refractivity contribution in [3.8, 4) is 0 Å². The van der Waals surface area contributed by atoms with Crippen molar-refractivity contribution < 1.29 is 14.4 Å². The van der Waals surface area contributed by atoms with Gasteiger partial charge in [-0.15, -0.1) is 0 Å². The zero-order valence-corrected chi connectivity index (χ0v) is 22.7. The second-order valence-electron chi connectivity index (χ2n) is 14.7. The molecule has 0 radical (unpaired) electrons. The molecule has 1 aromatic heterocycles. The molecular weight excluding hydrogens is 434 g/mol. The van der Waals surface area contributed by atoms with Crippen LogP contribution in [0.3, 0.4) is 0 Å². The van der Waals surface area contributed by atoms with Gasteiger partial charge in [-0.25, -0.2) is 0 Å². The molecule has 35 heavy (non-hydrogen) atoms. The Labute approximate surface area is 211 Å². The van der Waals surface area contributed by atoms with Crippen LogP contribution in [0.15, 0.2) is 22.9 Å². The Hall–Kier alpha value is -1.58. The fourth-order valence-electron chi connectivity index (χ4n) is 11.8. The predicted molar refractivity (Wildman–Crippen MR) is 137 cm³/mol. The molecule has 4 heteroatoms. The molecule has 1 aromatic rings. The van der Waals surface area contributed by atoms with Gasteiger partial charge in [0.15, 0.2) is 0 Å². The van der Waals surface area contributed by atoms with Gasteiger partial charge in [0.1, 0.15) is 5.76 Å². The Bertz CT molecular complexity index is 1090. The minimum atomic E-state index is -0.539. The molecule has 4 fully saturated rings. The maximum atomic E-state index is 12.8. The van der Waals surface area contributed by atoms with E-state index < -0.39 is 11.4 Å². The number of carboxylic acids is 1. The van der Waals surface area contributed by atoms with E-state index in [2.05, 4.69) is 53.3 Å². The van der Waals surface area contributed by atoms with Crippen LogP contribution in [0.25, 0.3) is 0 Å². The summed E-state index contributed by atoms with van der Waals surface area (Å²) in [7, 11) is 0. The first-order chi connectivity index (χ1) is 16.3. The van der Waals surface area contributed by atoms with Gasteiger partial charge >= 0.3 is 5.97 Å². The first-order valence-corrected chi connectivity index (χ1v) is 14.2. The fraction of sp³-hybridized carbons (Fsp3) is 0.806. The van der Waals surface area contributed by atoms with Crippen LogP contribution < -0.4 is 0 Å². The highest BCUT2D eigenvalue weighted by molar-refractivity contribution is 5.76. The van der Waals surface area contributed by atoms with Crippen LogP contribution in [-0.4, -0.2) is 16.2 Å². The number of aliphatic carboxylic acids is 1. The van der Waals surface area contributed by atoms with E-state index in [-0.39, 0.29) is 27.6 Å². The Balaban J connectivity index is 1.44. The smallest absolute Gasteiger partial charge is 0.309 e. The third-order valence-electron chi connectivity index (χ3n) is 13.4. The normalized spacial score (nSPS) is 49.7. The molecule has 0 bridgehead atoms. The average Bonchev–Trinajstić information content (AvgIpc) is 3.39. The lowest BCUT2D eigenvalue weighted by atomic mass is 9.32. The molecule has 0 aliphatic heterocycles. The number of hydrogen-bond acceptors (Lipinski definition) is 3. The SMILES string of the molecule is C=C(C)[C@@H]1CC[C@]2(C(=O)O)CC[C@]3(C)[C@H](CC[C@@H]4[C@@]5(C)Cc6cnoc6C(C)(C)[C@@H]5CC[C@]43C)[C@@H]12. The number of rotatable bonds is 2. The highest BCUT2D eigenvalue weighted by Crippen LogP contribution is 2.77. The minimum absolute atomic E-state index is 0.000553. The second kappa shape index (κ2) is 7.04. The van der Waals surface area contributed by atoms with Gasteiger partial charge in [0.25, 0.3) is 0 Å². The lowest BCUT2D eigenvalue weighted by Crippen LogP contribution is -2.66. The molecule has 5 aliphatic carbocycles. The van der Waals surface area contributed by atoms with Crippen LogP contribution in [0.1, 0.15) is 104 Å². The van der Waals surface area contributed by atoms with Crippen molar-refractivity contribution in [3.05, 3.63) is 29.7 Å². The van der Waals surface area contributed by atoms with Crippen molar-refractivity contribution in [1.82, 2.24) is 5.16 Å². The molecule has 9 atom stereocenters. The lowest BCUT2D eigenvalue weighted by Gasteiger charge is -2.72. The predicted octanol–water partition coefficient (Wildman–Crippen LogP) is 7.43. The maximum Gasteiger partial charge on any atom is 0.309 e. The van der Waals surface area contributed by atoms with E-state index in [1.54, 1.807) is 0 Å². The van der Waals surface area contributed by atoms with Gasteiger partial charge in [0.2, 0.25) is 0 Å². The molecule has 0 saturated heterocycles. The van der Waals surface area contributed by atoms with Gasteiger partial charge in [0.05, 0.1) is 11.6 Å². The fourth-order valence-corrected chi connectivity index (χ4v) is 11.8. The number of aromatic nitrogens is 1. The number of fused-ring (bicyclic) bond motifs is 8. The van der Waals surface area contributed by atoms with Crippen LogP contribution in [0, 0.1) is 51.2 Å². The first-order valence-electron chi connectivity index (χ1n) is 14.2. The third-order valence-corrected chi connectivity index (χ3v) is 13.4. The van der Waals surface area contributed by atoms with Crippen molar-refractivity contribution in [1.29, 1.82) is 0 Å². The molecule has 0 aromatic carbocycles. The van der Waals surface area contributed by atoms with Gasteiger partial charge in [-0.05, 0) is 111 Å². The molecule has 0 amide bonds. The molecule has 4 nitrogen and oxygen atoms in total. The number of hydrogen-bond donors (Lipinski definition) is 1. The molecule has 0 unspecified atom stereocenters. The zero-order chi connectivity index (χ0) is 25.2. The molecule has 192 valence electrons. The van der Waals surface area contributed by atoms with Crippen molar-refractivity contribution >= 4 is 5.97 Å². The largest absolute Gasteiger partial charge is 0.481 e. The van der Waals surface area contributed by atoms with E-state index in [1.165, 1.54) is 36.8 Å². The summed E-state index contributed by atoms with van der Waals surface area (Å²) >= 11 is 0. The van der Waals surface area contributed by atoms with Crippen molar-refractivity contribution in [3.63, 3.8) is 0 Å². The van der Waals surface area contributed by atoms with Crippen LogP contribution in [0.5, 0.6) is 0 Å². The van der Waals surface area contributed by atoms with E-state index in [9.17, 15) is 9.90 Å². The van der Waals surface area contributed by atoms with Crippen LogP contribution >= 0.6 is 0 Å². The topological polar surface area (TPSA) is 63.3 Å². The van der Waals surface area contributed by atoms with Gasteiger partial charge in [-0.2, -0.15) is 0 Å². The van der Waals surface area contributed by atoms with Crippen molar-refractivity contribution in [2.45, 2.75) is 105 Å². The number of allylic oxidation sites excluding steroid dienone is 1. The average molecular weight is 480 g/mol. The monoisotopic (exact) mass is 479 g/mol. The summed E-state index contributed by atoms with van der Waals surface area (Å²) in [6, 6.07) is 0. The minimum Gasteiger partial charge on any atom is -0.481 e. The first kappa shape index (κ1) is 23.8. The summed E-state index contributed by atoms with van der Waals surface area (Å²) in [5, 5.41) is 14.8. The van der Waals surface area contributed by atoms with Gasteiger partial charge in [-0.3, -0.25) is 4.79 Å². The molecule has 0 spiro atoms. The number of carbonyl (C=O) groups is 1. The van der Waals surface area contributed by atoms with Crippen LogP contribution in [0.4, 0.5) is 0 Å². The summed E-state index contributed by atoms with van der Waals surface area (Å²) in [5.41, 5.74) is 2.59. The third kappa shape index (κ3) is 2.65. The molecule has 1 heterocycles. The second-order valence-corrected chi connectivity index (χ2v) is 14.7. The summed E-state index contributed by atoms with van der Waals surface area (Å²) in [6.07, 6.45) is 11.6. The quantitative estimate of drug-likeness (QED) is 0.448. The Morgan fingerprint density at radius 2 is 1.74 bits per heavy atom. The van der Waals surface area contributed by atoms with E-state index >= 15 is 0 Å². The van der Waals surface area contributed by atoms with Gasteiger partial charge in [-0.1, -0.05) is 51.9 Å². The summed E-state index contributed by atoms with van der Waals surface area (Å²) in [6.45, 7) is 19.0. The number of carboxylic acid groups (broad SMARTS) is 1. The molecule has 1 N–H and O–H groups in total. The Morgan fingerprint density at radius 3 is 2.43 bits per heavy atom. The van der Waals surface area contributed by atoms with E-state index in [1.807, 2.05) is 6.20 Å². The standard InChI is InChI=1S/C31H45NO3/c1-18(2)20-10-13-31(26(33)34)15-14-29(6)21(24(20)31)8-9-23-28(5)16-19-17-32-35-25(19)27(3,4)22(28)11-12-30(23,29)7/h17,20-24H,1,8-16H2,2-7H3,(H,33,34)/t20-,21+,22-,23+,24+,28-,29+,30+,31-/m0/s1. The van der Waals surface area contributed by atoms with Gasteiger partial charge < -0.3 is 9.63 Å². The summed E-state index contributed by atoms with van der Waals surface area (Å²) in [5.74, 6) is 2.88. The Kier molecular flexibility index (Phi) is 4.79. The molecule has 5 aliphatic rings.